The Morgan fingerprint density at radius 3 is 2.39 bits per heavy atom. The van der Waals surface area contributed by atoms with Crippen molar-refractivity contribution in [1.82, 2.24) is 14.8 Å². The number of rotatable bonds is 9. The van der Waals surface area contributed by atoms with Gasteiger partial charge in [0.05, 0.1) is 19.5 Å². The van der Waals surface area contributed by atoms with Gasteiger partial charge in [-0.1, -0.05) is 30.3 Å². The predicted octanol–water partition coefficient (Wildman–Crippen LogP) is 4.62. The number of nitrogens with zero attached hydrogens (tertiary/aromatic N) is 5. The molecule has 2 bridgehead atoms. The number of piperidine rings is 1. The fraction of sp³-hybridized carbons (Fsp3) is 0.618. The molecule has 4 heterocycles. The molecule has 1 aliphatic carbocycles. The first-order valence-electron chi connectivity index (χ1n) is 16.3. The fourth-order valence-electron chi connectivity index (χ4n) is 6.94. The number of aromatic nitrogens is 1. The number of ether oxygens (including phenoxy) is 2. The lowest BCUT2D eigenvalue weighted by Gasteiger charge is -2.51. The summed E-state index contributed by atoms with van der Waals surface area (Å²) in [6.07, 6.45) is 6.00. The fourth-order valence-corrected chi connectivity index (χ4v) is 7.41. The van der Waals surface area contributed by atoms with Gasteiger partial charge in [-0.05, 0) is 70.4 Å². The Labute approximate surface area is 272 Å². The Morgan fingerprint density at radius 2 is 1.78 bits per heavy atom. The third-order valence-corrected chi connectivity index (χ3v) is 10.00. The summed E-state index contributed by atoms with van der Waals surface area (Å²) in [7, 11) is -3.58. The van der Waals surface area contributed by atoms with Crippen molar-refractivity contribution in [1.29, 1.82) is 5.26 Å². The number of piperazine rings is 1. The molecule has 3 aliphatic heterocycles. The quantitative estimate of drug-likeness (QED) is 0.355. The summed E-state index contributed by atoms with van der Waals surface area (Å²) in [5.74, 6) is 1.13. The third-order valence-electron chi connectivity index (χ3n) is 9.45. The highest BCUT2D eigenvalue weighted by Crippen LogP contribution is 2.47. The lowest BCUT2D eigenvalue weighted by Crippen LogP contribution is -2.63. The third kappa shape index (κ3) is 7.42. The number of hydrogen-bond acceptors (Lipinski definition) is 10. The van der Waals surface area contributed by atoms with E-state index in [2.05, 4.69) is 28.0 Å². The SMILES string of the molecule is CC(C)(C)OC(=O)N1C[C@H]2CCC[C@@H](C1)N2c1nc(OCC2(COS(C)(=O)=O)CC2)c(C#N)c2c1CCN(Cc1ccccc1)C2. The van der Waals surface area contributed by atoms with E-state index in [0.29, 0.717) is 25.2 Å². The van der Waals surface area contributed by atoms with Gasteiger partial charge >= 0.3 is 6.09 Å². The van der Waals surface area contributed by atoms with Crippen LogP contribution in [-0.2, 0) is 38.5 Å². The van der Waals surface area contributed by atoms with Gasteiger partial charge in [-0.2, -0.15) is 18.7 Å². The van der Waals surface area contributed by atoms with E-state index < -0.39 is 21.1 Å². The second-order valence-corrected chi connectivity index (χ2v) is 16.1. The van der Waals surface area contributed by atoms with Gasteiger partial charge in [0.15, 0.2) is 0 Å². The summed E-state index contributed by atoms with van der Waals surface area (Å²) in [5, 5.41) is 10.5. The molecule has 6 rings (SSSR count). The van der Waals surface area contributed by atoms with Crippen molar-refractivity contribution in [2.45, 2.75) is 90.1 Å². The molecule has 248 valence electrons. The molecule has 3 fully saturated rings. The predicted molar refractivity (Wildman–Crippen MR) is 173 cm³/mol. The Morgan fingerprint density at radius 1 is 1.09 bits per heavy atom. The highest BCUT2D eigenvalue weighted by atomic mass is 32.2. The Hall–Kier alpha value is -3.40. The van der Waals surface area contributed by atoms with Crippen LogP contribution in [0.2, 0.25) is 0 Å². The number of fused-ring (bicyclic) bond motifs is 3. The van der Waals surface area contributed by atoms with E-state index in [9.17, 15) is 18.5 Å². The maximum Gasteiger partial charge on any atom is 0.410 e. The highest BCUT2D eigenvalue weighted by Gasteiger charge is 2.46. The van der Waals surface area contributed by atoms with Gasteiger partial charge < -0.3 is 19.3 Å². The minimum atomic E-state index is -3.58. The van der Waals surface area contributed by atoms with Crippen molar-refractivity contribution < 1.29 is 26.9 Å². The Balaban J connectivity index is 1.33. The maximum absolute atomic E-state index is 13.1. The van der Waals surface area contributed by atoms with E-state index in [1.807, 2.05) is 43.9 Å². The summed E-state index contributed by atoms with van der Waals surface area (Å²) in [4.78, 5) is 24.8. The van der Waals surface area contributed by atoms with E-state index in [0.717, 1.165) is 74.8 Å². The van der Waals surface area contributed by atoms with Gasteiger partial charge in [-0.3, -0.25) is 9.08 Å². The van der Waals surface area contributed by atoms with Crippen LogP contribution in [0.25, 0.3) is 0 Å². The van der Waals surface area contributed by atoms with E-state index >= 15 is 0 Å². The molecule has 2 atom stereocenters. The van der Waals surface area contributed by atoms with Crippen LogP contribution in [0.4, 0.5) is 10.6 Å². The van der Waals surface area contributed by atoms with Gasteiger partial charge in [0.2, 0.25) is 5.88 Å². The molecule has 4 aliphatic rings. The monoisotopic (exact) mass is 651 g/mol. The number of likely N-dealkylation sites (tertiary alicyclic amines) is 1. The number of benzene rings is 1. The number of carbonyl (C=O) groups excluding carboxylic acids is 1. The molecule has 1 aromatic carbocycles. The van der Waals surface area contributed by atoms with Crippen LogP contribution in [-0.4, -0.2) is 86.1 Å². The molecular weight excluding hydrogens is 606 g/mol. The van der Waals surface area contributed by atoms with Crippen LogP contribution in [0.5, 0.6) is 5.88 Å². The van der Waals surface area contributed by atoms with Crippen LogP contribution in [0.15, 0.2) is 30.3 Å². The molecule has 0 unspecified atom stereocenters. The molecule has 0 N–H and O–H groups in total. The molecular formula is C34H45N5O6S. The van der Waals surface area contributed by atoms with Crippen molar-refractivity contribution in [2.24, 2.45) is 5.41 Å². The number of hydrogen-bond donors (Lipinski definition) is 0. The highest BCUT2D eigenvalue weighted by molar-refractivity contribution is 7.85. The summed E-state index contributed by atoms with van der Waals surface area (Å²) >= 11 is 0. The molecule has 46 heavy (non-hydrogen) atoms. The van der Waals surface area contributed by atoms with E-state index in [-0.39, 0.29) is 37.3 Å². The average molecular weight is 652 g/mol. The second kappa shape index (κ2) is 12.7. The molecule has 11 nitrogen and oxygen atoms in total. The molecule has 0 spiro atoms. The normalized spacial score (nSPS) is 22.5. The van der Waals surface area contributed by atoms with Crippen molar-refractivity contribution in [3.8, 4) is 11.9 Å². The Kier molecular flexibility index (Phi) is 8.95. The number of pyridine rings is 1. The number of amides is 1. The minimum absolute atomic E-state index is 0.0488. The van der Waals surface area contributed by atoms with E-state index in [1.165, 1.54) is 5.56 Å². The molecule has 0 radical (unpaired) electrons. The lowest BCUT2D eigenvalue weighted by atomic mass is 9.88. The van der Waals surface area contributed by atoms with Gasteiger partial charge in [0.1, 0.15) is 23.1 Å². The standard InChI is InChI=1S/C34H45N5O6S/c1-33(2,3)45-32(40)38-19-25-11-8-12-26(20-38)39(25)30-27-13-16-37(18-24-9-6-5-7-10-24)21-29(27)28(17-35)31(36-30)43-22-34(14-15-34)23-44-46(4,41)42/h5-7,9-10,25-26H,8,11-16,18-23H2,1-4H3/t25-,26+. The second-order valence-electron chi connectivity index (χ2n) is 14.4. The largest absolute Gasteiger partial charge is 0.476 e. The zero-order valence-electron chi connectivity index (χ0n) is 27.3. The van der Waals surface area contributed by atoms with E-state index in [1.54, 1.807) is 0 Å². The zero-order chi connectivity index (χ0) is 32.7. The molecule has 1 saturated carbocycles. The molecule has 2 saturated heterocycles. The summed E-state index contributed by atoms with van der Waals surface area (Å²) in [6.45, 7) is 9.21. The van der Waals surface area contributed by atoms with Crippen LogP contribution in [0.1, 0.15) is 75.1 Å². The Bertz CT molecular complexity index is 1580. The van der Waals surface area contributed by atoms with Gasteiger partial charge in [-0.15, -0.1) is 0 Å². The lowest BCUT2D eigenvalue weighted by molar-refractivity contribution is 0.0154. The number of carbonyl (C=O) groups is 1. The zero-order valence-corrected chi connectivity index (χ0v) is 28.1. The molecule has 12 heteroatoms. The van der Waals surface area contributed by atoms with E-state index in [4.69, 9.17) is 18.6 Å². The van der Waals surface area contributed by atoms with Crippen molar-refractivity contribution >= 4 is 22.0 Å². The summed E-state index contributed by atoms with van der Waals surface area (Å²) in [6, 6.07) is 12.9. The summed E-state index contributed by atoms with van der Waals surface area (Å²) in [5.41, 5.74) is 2.69. The van der Waals surface area contributed by atoms with Gasteiger partial charge in [0, 0.05) is 55.8 Å². The minimum Gasteiger partial charge on any atom is -0.476 e. The molecule has 2 aromatic rings. The van der Waals surface area contributed by atoms with Crippen molar-refractivity contribution in [3.63, 3.8) is 0 Å². The van der Waals surface area contributed by atoms with Crippen LogP contribution in [0, 0.1) is 16.7 Å². The van der Waals surface area contributed by atoms with Crippen LogP contribution >= 0.6 is 0 Å². The van der Waals surface area contributed by atoms with Crippen LogP contribution in [0.3, 0.4) is 0 Å². The first kappa shape index (κ1) is 32.5. The average Bonchev–Trinajstić information content (AvgIpc) is 3.77. The molecule has 1 aromatic heterocycles. The first-order valence-corrected chi connectivity index (χ1v) is 18.1. The van der Waals surface area contributed by atoms with Crippen molar-refractivity contribution in [2.75, 3.05) is 44.0 Å². The number of nitriles is 1. The molecule has 1 amide bonds. The van der Waals surface area contributed by atoms with Crippen molar-refractivity contribution in [3.05, 3.63) is 52.6 Å². The number of anilines is 1. The smallest absolute Gasteiger partial charge is 0.410 e. The van der Waals surface area contributed by atoms with Gasteiger partial charge in [-0.25, -0.2) is 4.79 Å². The summed E-state index contributed by atoms with van der Waals surface area (Å²) < 4.78 is 40.6. The maximum atomic E-state index is 13.1. The van der Waals surface area contributed by atoms with Crippen LogP contribution < -0.4 is 9.64 Å². The first-order chi connectivity index (χ1) is 21.8. The topological polar surface area (TPSA) is 125 Å². The van der Waals surface area contributed by atoms with Gasteiger partial charge in [0.25, 0.3) is 10.1 Å².